The number of anilines is 2. The van der Waals surface area contributed by atoms with E-state index >= 15 is 0 Å². The van der Waals surface area contributed by atoms with Crippen LogP contribution in [0.5, 0.6) is 0 Å². The molecule has 2 aliphatic rings. The quantitative estimate of drug-likeness (QED) is 0.583. The maximum Gasteiger partial charge on any atom is 0.296 e. The number of morpholine rings is 1. The van der Waals surface area contributed by atoms with E-state index in [-0.39, 0.29) is 17.8 Å². The number of fused-ring (bicyclic) bond motifs is 1. The highest BCUT2D eigenvalue weighted by molar-refractivity contribution is 5.77. The number of halogens is 2. The van der Waals surface area contributed by atoms with Crippen LogP contribution in [0.25, 0.3) is 17.0 Å². The zero-order chi connectivity index (χ0) is 22.8. The summed E-state index contributed by atoms with van der Waals surface area (Å²) in [4.78, 5) is 20.0. The minimum absolute atomic E-state index is 0.141. The summed E-state index contributed by atoms with van der Waals surface area (Å²) >= 11 is 0. The van der Waals surface area contributed by atoms with Crippen molar-refractivity contribution in [3.05, 3.63) is 30.1 Å². The second-order valence-electron chi connectivity index (χ2n) is 8.43. The fraction of sp³-hybridized carbons (Fsp3) is 0.545. The molecular weight excluding hydrogens is 430 g/mol. The third-order valence-electron chi connectivity index (χ3n) is 6.36. The van der Waals surface area contributed by atoms with Crippen LogP contribution < -0.4 is 15.5 Å². The van der Waals surface area contributed by atoms with Gasteiger partial charge in [-0.2, -0.15) is 15.0 Å². The van der Waals surface area contributed by atoms with Gasteiger partial charge in [0.25, 0.3) is 6.43 Å². The number of imidazole rings is 1. The normalized spacial score (nSPS) is 21.6. The van der Waals surface area contributed by atoms with E-state index in [9.17, 15) is 8.78 Å². The minimum Gasteiger partial charge on any atom is -0.378 e. The Hall–Kier alpha value is -2.92. The molecule has 0 bridgehead atoms. The summed E-state index contributed by atoms with van der Waals surface area (Å²) in [5.74, 6) is 0.609. The van der Waals surface area contributed by atoms with Crippen LogP contribution in [0.15, 0.2) is 24.3 Å². The molecule has 0 spiro atoms. The van der Waals surface area contributed by atoms with Gasteiger partial charge in [-0.25, -0.2) is 13.8 Å². The van der Waals surface area contributed by atoms with E-state index in [1.165, 1.54) is 4.57 Å². The van der Waals surface area contributed by atoms with E-state index in [1.807, 2.05) is 11.9 Å². The van der Waals surface area contributed by atoms with E-state index in [0.717, 1.165) is 25.7 Å². The van der Waals surface area contributed by atoms with Crippen LogP contribution in [0.4, 0.5) is 20.7 Å². The molecule has 1 saturated carbocycles. The first-order valence-corrected chi connectivity index (χ1v) is 11.4. The summed E-state index contributed by atoms with van der Waals surface area (Å²) < 4.78 is 34.7. The molecule has 176 valence electrons. The molecule has 3 aromatic rings. The summed E-state index contributed by atoms with van der Waals surface area (Å²) in [6.07, 6.45) is 1.31. The van der Waals surface area contributed by atoms with E-state index in [2.05, 4.69) is 30.6 Å². The van der Waals surface area contributed by atoms with Gasteiger partial charge in [-0.05, 0) is 44.9 Å². The summed E-state index contributed by atoms with van der Waals surface area (Å²) in [7, 11) is 1.99. The first-order chi connectivity index (χ1) is 16.1. The lowest BCUT2D eigenvalue weighted by Gasteiger charge is -2.30. The molecule has 0 amide bonds. The first kappa shape index (κ1) is 21.9. The van der Waals surface area contributed by atoms with Crippen molar-refractivity contribution in [2.75, 3.05) is 43.6 Å². The highest BCUT2D eigenvalue weighted by Crippen LogP contribution is 2.28. The minimum atomic E-state index is -2.77. The molecule has 1 aromatic carbocycles. The number of hydrogen-bond donors (Lipinski definition) is 2. The van der Waals surface area contributed by atoms with Gasteiger partial charge in [-0.1, -0.05) is 12.1 Å². The fourth-order valence-electron chi connectivity index (χ4n) is 4.53. The van der Waals surface area contributed by atoms with Gasteiger partial charge >= 0.3 is 0 Å². The standard InChI is InChI=1S/C22H28F2N8O/c1-25-14-6-8-15(9-7-14)26-20-28-21(31-10-12-33-13-11-31)30-22(29-20)32-17-5-3-2-4-16(17)27-19(32)18(23)24/h2-5,14-15,18,25H,6-13H2,1H3,(H,26,28,29,30). The molecule has 9 nitrogen and oxygen atoms in total. The summed E-state index contributed by atoms with van der Waals surface area (Å²) in [6, 6.07) is 7.76. The van der Waals surface area contributed by atoms with Gasteiger partial charge < -0.3 is 20.3 Å². The van der Waals surface area contributed by atoms with Crippen molar-refractivity contribution in [3.63, 3.8) is 0 Å². The fourth-order valence-corrected chi connectivity index (χ4v) is 4.53. The zero-order valence-electron chi connectivity index (χ0n) is 18.5. The summed E-state index contributed by atoms with van der Waals surface area (Å²) in [6.45, 7) is 2.38. The predicted octanol–water partition coefficient (Wildman–Crippen LogP) is 2.93. The number of aromatic nitrogens is 5. The lowest BCUT2D eigenvalue weighted by molar-refractivity contribution is 0.122. The van der Waals surface area contributed by atoms with Crippen LogP contribution in [0.3, 0.4) is 0 Å². The number of alkyl halides is 2. The van der Waals surface area contributed by atoms with Gasteiger partial charge in [-0.3, -0.25) is 4.57 Å². The van der Waals surface area contributed by atoms with Gasteiger partial charge in [0.15, 0.2) is 5.82 Å². The maximum absolute atomic E-state index is 13.9. The molecule has 11 heteroatoms. The number of hydrogen-bond acceptors (Lipinski definition) is 8. The van der Waals surface area contributed by atoms with Crippen molar-refractivity contribution in [2.24, 2.45) is 0 Å². The van der Waals surface area contributed by atoms with Gasteiger partial charge in [0.2, 0.25) is 17.8 Å². The van der Waals surface area contributed by atoms with Crippen molar-refractivity contribution < 1.29 is 13.5 Å². The summed E-state index contributed by atoms with van der Waals surface area (Å²) in [5, 5.41) is 6.77. The highest BCUT2D eigenvalue weighted by atomic mass is 19.3. The van der Waals surface area contributed by atoms with Gasteiger partial charge in [0.1, 0.15) is 0 Å². The monoisotopic (exact) mass is 458 g/mol. The second-order valence-corrected chi connectivity index (χ2v) is 8.43. The number of benzene rings is 1. The van der Waals surface area contributed by atoms with Crippen molar-refractivity contribution in [1.82, 2.24) is 29.8 Å². The Balaban J connectivity index is 1.55. The SMILES string of the molecule is CNC1CCC(Nc2nc(N3CCOCC3)nc(-n3c(C(F)F)nc4ccccc43)n2)CC1. The number of para-hydroxylation sites is 2. The number of ether oxygens (including phenoxy) is 1. The Kier molecular flexibility index (Phi) is 6.32. The molecule has 0 radical (unpaired) electrons. The molecule has 2 fully saturated rings. The van der Waals surface area contributed by atoms with Crippen LogP contribution in [-0.4, -0.2) is 69.9 Å². The van der Waals surface area contributed by atoms with Crippen molar-refractivity contribution in [2.45, 2.75) is 44.2 Å². The molecule has 1 aliphatic heterocycles. The van der Waals surface area contributed by atoms with Crippen molar-refractivity contribution in [1.29, 1.82) is 0 Å². The van der Waals surface area contributed by atoms with E-state index in [0.29, 0.717) is 55.3 Å². The Morgan fingerprint density at radius 2 is 1.64 bits per heavy atom. The molecular formula is C22H28F2N8O. The Morgan fingerprint density at radius 3 is 2.36 bits per heavy atom. The Labute approximate surface area is 190 Å². The highest BCUT2D eigenvalue weighted by Gasteiger charge is 2.26. The van der Waals surface area contributed by atoms with Gasteiger partial charge in [-0.15, -0.1) is 0 Å². The second kappa shape index (κ2) is 9.52. The molecule has 2 N–H and O–H groups in total. The lowest BCUT2D eigenvalue weighted by atomic mass is 9.91. The number of nitrogens with zero attached hydrogens (tertiary/aromatic N) is 6. The molecule has 0 unspecified atom stereocenters. The molecule has 2 aromatic heterocycles. The molecule has 3 heterocycles. The van der Waals surface area contributed by atoms with Crippen LogP contribution in [0.2, 0.25) is 0 Å². The van der Waals surface area contributed by atoms with Gasteiger partial charge in [0, 0.05) is 25.2 Å². The third kappa shape index (κ3) is 4.60. The first-order valence-electron chi connectivity index (χ1n) is 11.4. The summed E-state index contributed by atoms with van der Waals surface area (Å²) in [5.41, 5.74) is 1.01. The van der Waals surface area contributed by atoms with E-state index in [1.54, 1.807) is 24.3 Å². The molecule has 1 aliphatic carbocycles. The maximum atomic E-state index is 13.9. The lowest BCUT2D eigenvalue weighted by Crippen LogP contribution is -2.38. The molecule has 1 saturated heterocycles. The number of nitrogens with one attached hydrogen (secondary N) is 2. The Bertz CT molecular complexity index is 1090. The smallest absolute Gasteiger partial charge is 0.296 e. The topological polar surface area (TPSA) is 93.0 Å². The van der Waals surface area contributed by atoms with Crippen LogP contribution in [0, 0.1) is 0 Å². The average molecular weight is 459 g/mol. The van der Waals surface area contributed by atoms with Crippen molar-refractivity contribution in [3.8, 4) is 5.95 Å². The van der Waals surface area contributed by atoms with Crippen LogP contribution in [0.1, 0.15) is 37.9 Å². The zero-order valence-corrected chi connectivity index (χ0v) is 18.5. The van der Waals surface area contributed by atoms with E-state index in [4.69, 9.17) is 4.74 Å². The average Bonchev–Trinajstić information content (AvgIpc) is 3.25. The molecule has 0 atom stereocenters. The van der Waals surface area contributed by atoms with Crippen LogP contribution >= 0.6 is 0 Å². The largest absolute Gasteiger partial charge is 0.378 e. The van der Waals surface area contributed by atoms with Crippen LogP contribution in [-0.2, 0) is 4.74 Å². The molecule has 33 heavy (non-hydrogen) atoms. The predicted molar refractivity (Wildman–Crippen MR) is 121 cm³/mol. The van der Waals surface area contributed by atoms with E-state index < -0.39 is 6.43 Å². The molecule has 5 rings (SSSR count). The van der Waals surface area contributed by atoms with Crippen molar-refractivity contribution >= 4 is 22.9 Å². The Morgan fingerprint density at radius 1 is 0.939 bits per heavy atom. The van der Waals surface area contributed by atoms with Gasteiger partial charge in [0.05, 0.1) is 24.2 Å². The number of rotatable bonds is 6. The third-order valence-corrected chi connectivity index (χ3v) is 6.36.